The molecule has 0 saturated carbocycles. The fourth-order valence-corrected chi connectivity index (χ4v) is 1.87. The van der Waals surface area contributed by atoms with Crippen molar-refractivity contribution in [2.45, 2.75) is 6.54 Å². The van der Waals surface area contributed by atoms with Gasteiger partial charge >= 0.3 is 0 Å². The SMILES string of the molecule is CNCCN(C)Cc1c(Cl)ccc(O)c1Cl. The molecule has 0 bridgehead atoms. The smallest absolute Gasteiger partial charge is 0.134 e. The van der Waals surface area contributed by atoms with Gasteiger partial charge in [-0.05, 0) is 26.2 Å². The Morgan fingerprint density at radius 1 is 1.38 bits per heavy atom. The van der Waals surface area contributed by atoms with Gasteiger partial charge in [-0.3, -0.25) is 0 Å². The summed E-state index contributed by atoms with van der Waals surface area (Å²) in [6.45, 7) is 2.40. The number of halogens is 2. The molecule has 5 heteroatoms. The van der Waals surface area contributed by atoms with Crippen molar-refractivity contribution < 1.29 is 5.11 Å². The molecule has 3 nitrogen and oxygen atoms in total. The van der Waals surface area contributed by atoms with Crippen LogP contribution >= 0.6 is 23.2 Å². The van der Waals surface area contributed by atoms with Gasteiger partial charge in [0.2, 0.25) is 0 Å². The number of benzene rings is 1. The van der Waals surface area contributed by atoms with Gasteiger partial charge in [0.05, 0.1) is 5.02 Å². The van der Waals surface area contributed by atoms with E-state index in [-0.39, 0.29) is 5.75 Å². The fourth-order valence-electron chi connectivity index (χ4n) is 1.38. The number of aromatic hydroxyl groups is 1. The van der Waals surface area contributed by atoms with Gasteiger partial charge in [-0.1, -0.05) is 23.2 Å². The molecule has 0 aliphatic rings. The van der Waals surface area contributed by atoms with E-state index in [9.17, 15) is 5.11 Å². The molecular weight excluding hydrogens is 247 g/mol. The second-order valence-corrected chi connectivity index (χ2v) is 4.49. The lowest BCUT2D eigenvalue weighted by atomic mass is 10.2. The van der Waals surface area contributed by atoms with Gasteiger partial charge in [0.15, 0.2) is 0 Å². The Balaban J connectivity index is 2.76. The number of phenolic OH excluding ortho intramolecular Hbond substituents is 1. The molecule has 0 aliphatic carbocycles. The van der Waals surface area contributed by atoms with E-state index in [0.717, 1.165) is 18.7 Å². The molecule has 16 heavy (non-hydrogen) atoms. The zero-order valence-electron chi connectivity index (χ0n) is 9.43. The standard InChI is InChI=1S/C11H16Cl2N2O/c1-14-5-6-15(2)7-8-9(12)3-4-10(16)11(8)13/h3-4,14,16H,5-7H2,1-2H3. The number of nitrogens with one attached hydrogen (secondary N) is 1. The van der Waals surface area contributed by atoms with Crippen LogP contribution in [0.5, 0.6) is 5.75 Å². The summed E-state index contributed by atoms with van der Waals surface area (Å²) in [7, 11) is 3.89. The van der Waals surface area contributed by atoms with Crippen LogP contribution in [0.15, 0.2) is 12.1 Å². The van der Waals surface area contributed by atoms with Crippen LogP contribution in [-0.4, -0.2) is 37.2 Å². The number of rotatable bonds is 5. The summed E-state index contributed by atoms with van der Waals surface area (Å²) in [5.41, 5.74) is 0.766. The van der Waals surface area contributed by atoms with Crippen LogP contribution in [0, 0.1) is 0 Å². The van der Waals surface area contributed by atoms with Crippen LogP contribution < -0.4 is 5.32 Å². The summed E-state index contributed by atoms with van der Waals surface area (Å²) >= 11 is 12.0. The summed E-state index contributed by atoms with van der Waals surface area (Å²) in [5.74, 6) is 0.0723. The van der Waals surface area contributed by atoms with E-state index < -0.39 is 0 Å². The fraction of sp³-hybridized carbons (Fsp3) is 0.455. The van der Waals surface area contributed by atoms with E-state index in [1.807, 2.05) is 14.1 Å². The highest BCUT2D eigenvalue weighted by Crippen LogP contribution is 2.32. The van der Waals surface area contributed by atoms with Gasteiger partial charge in [0, 0.05) is 30.2 Å². The molecule has 0 saturated heterocycles. The summed E-state index contributed by atoms with van der Waals surface area (Å²) in [6, 6.07) is 3.16. The molecule has 0 amide bonds. The van der Waals surface area contributed by atoms with Crippen molar-refractivity contribution in [1.29, 1.82) is 0 Å². The van der Waals surface area contributed by atoms with Gasteiger partial charge in [-0.15, -0.1) is 0 Å². The maximum Gasteiger partial charge on any atom is 0.134 e. The maximum atomic E-state index is 9.49. The number of hydrogen-bond acceptors (Lipinski definition) is 3. The molecule has 0 spiro atoms. The Labute approximate surface area is 106 Å². The van der Waals surface area contributed by atoms with Crippen molar-refractivity contribution in [2.24, 2.45) is 0 Å². The third-order valence-corrected chi connectivity index (χ3v) is 3.11. The second kappa shape index (κ2) is 6.30. The van der Waals surface area contributed by atoms with E-state index in [0.29, 0.717) is 16.6 Å². The van der Waals surface area contributed by atoms with Crippen LogP contribution in [-0.2, 0) is 6.54 Å². The molecule has 1 rings (SSSR count). The van der Waals surface area contributed by atoms with E-state index in [1.165, 1.54) is 6.07 Å². The molecular formula is C11H16Cl2N2O. The van der Waals surface area contributed by atoms with E-state index in [1.54, 1.807) is 6.07 Å². The average Bonchev–Trinajstić information content (AvgIpc) is 2.27. The summed E-state index contributed by atoms with van der Waals surface area (Å²) in [5, 5.41) is 13.5. The molecule has 0 heterocycles. The molecule has 0 aromatic heterocycles. The minimum Gasteiger partial charge on any atom is -0.506 e. The van der Waals surface area contributed by atoms with Crippen molar-refractivity contribution in [1.82, 2.24) is 10.2 Å². The lowest BCUT2D eigenvalue weighted by molar-refractivity contribution is 0.327. The van der Waals surface area contributed by atoms with Crippen LogP contribution in [0.4, 0.5) is 0 Å². The van der Waals surface area contributed by atoms with Crippen LogP contribution in [0.3, 0.4) is 0 Å². The number of hydrogen-bond donors (Lipinski definition) is 2. The predicted molar refractivity (Wildman–Crippen MR) is 68.4 cm³/mol. The van der Waals surface area contributed by atoms with Gasteiger partial charge in [-0.25, -0.2) is 0 Å². The predicted octanol–water partition coefficient (Wildman–Crippen LogP) is 2.35. The Hall–Kier alpha value is -0.480. The monoisotopic (exact) mass is 262 g/mol. The number of nitrogens with zero attached hydrogens (tertiary/aromatic N) is 1. The van der Waals surface area contributed by atoms with Crippen molar-refractivity contribution in [2.75, 3.05) is 27.2 Å². The van der Waals surface area contributed by atoms with Gasteiger partial charge in [0.25, 0.3) is 0 Å². The Kier molecular flexibility index (Phi) is 5.35. The molecule has 1 aromatic carbocycles. The van der Waals surface area contributed by atoms with Gasteiger partial charge in [0.1, 0.15) is 5.75 Å². The Bertz CT molecular complexity index is 358. The molecule has 0 unspecified atom stereocenters. The van der Waals surface area contributed by atoms with Gasteiger partial charge in [-0.2, -0.15) is 0 Å². The minimum atomic E-state index is 0.0723. The lowest BCUT2D eigenvalue weighted by Gasteiger charge is -2.18. The quantitative estimate of drug-likeness (QED) is 0.856. The van der Waals surface area contributed by atoms with E-state index >= 15 is 0 Å². The third kappa shape index (κ3) is 3.52. The number of phenols is 1. The third-order valence-electron chi connectivity index (χ3n) is 2.34. The average molecular weight is 263 g/mol. The highest BCUT2D eigenvalue weighted by atomic mass is 35.5. The first kappa shape index (κ1) is 13.6. The Morgan fingerprint density at radius 3 is 2.69 bits per heavy atom. The summed E-state index contributed by atoms with van der Waals surface area (Å²) in [6.07, 6.45) is 0. The maximum absolute atomic E-state index is 9.49. The Morgan fingerprint density at radius 2 is 2.06 bits per heavy atom. The van der Waals surface area contributed by atoms with Crippen molar-refractivity contribution in [3.05, 3.63) is 27.7 Å². The highest BCUT2D eigenvalue weighted by molar-refractivity contribution is 6.36. The highest BCUT2D eigenvalue weighted by Gasteiger charge is 2.11. The summed E-state index contributed by atoms with van der Waals surface area (Å²) < 4.78 is 0. The molecule has 0 aliphatic heterocycles. The van der Waals surface area contributed by atoms with E-state index in [4.69, 9.17) is 23.2 Å². The first-order valence-electron chi connectivity index (χ1n) is 5.05. The first-order valence-corrected chi connectivity index (χ1v) is 5.80. The molecule has 90 valence electrons. The van der Waals surface area contributed by atoms with E-state index in [2.05, 4.69) is 10.2 Å². The first-order chi connectivity index (χ1) is 7.56. The van der Waals surface area contributed by atoms with Crippen molar-refractivity contribution in [3.8, 4) is 5.75 Å². The molecule has 0 atom stereocenters. The topological polar surface area (TPSA) is 35.5 Å². The summed E-state index contributed by atoms with van der Waals surface area (Å²) in [4.78, 5) is 2.09. The number of likely N-dealkylation sites (N-methyl/N-ethyl adjacent to an activating group) is 2. The molecule has 2 N–H and O–H groups in total. The van der Waals surface area contributed by atoms with Gasteiger partial charge < -0.3 is 15.3 Å². The normalized spacial score (nSPS) is 11.1. The van der Waals surface area contributed by atoms with Crippen LogP contribution in [0.25, 0.3) is 0 Å². The molecule has 0 radical (unpaired) electrons. The second-order valence-electron chi connectivity index (χ2n) is 3.70. The minimum absolute atomic E-state index is 0.0723. The largest absolute Gasteiger partial charge is 0.506 e. The van der Waals surface area contributed by atoms with Crippen molar-refractivity contribution in [3.63, 3.8) is 0 Å². The zero-order chi connectivity index (χ0) is 12.1. The molecule has 1 aromatic rings. The van der Waals surface area contributed by atoms with Crippen LogP contribution in [0.1, 0.15) is 5.56 Å². The molecule has 0 fully saturated rings. The van der Waals surface area contributed by atoms with Crippen LogP contribution in [0.2, 0.25) is 10.0 Å². The lowest BCUT2D eigenvalue weighted by Crippen LogP contribution is -2.27. The zero-order valence-corrected chi connectivity index (χ0v) is 10.9. The van der Waals surface area contributed by atoms with Crippen molar-refractivity contribution >= 4 is 23.2 Å².